The highest BCUT2D eigenvalue weighted by Crippen LogP contribution is 2.17. The van der Waals surface area contributed by atoms with E-state index in [1.54, 1.807) is 0 Å². The van der Waals surface area contributed by atoms with Gasteiger partial charge in [-0.25, -0.2) is 13.6 Å². The van der Waals surface area contributed by atoms with Crippen molar-refractivity contribution >= 4 is 11.9 Å². The minimum atomic E-state index is -1.14. The fourth-order valence-corrected chi connectivity index (χ4v) is 1.79. The van der Waals surface area contributed by atoms with E-state index in [9.17, 15) is 18.4 Å². The van der Waals surface area contributed by atoms with Gasteiger partial charge in [0.2, 0.25) is 0 Å². The largest absolute Gasteiger partial charge is 0.481 e. The van der Waals surface area contributed by atoms with Gasteiger partial charge >= 0.3 is 5.97 Å². The van der Waals surface area contributed by atoms with Crippen LogP contribution < -0.4 is 10.1 Å². The minimum Gasteiger partial charge on any atom is -0.481 e. The van der Waals surface area contributed by atoms with Crippen LogP contribution in [0.3, 0.4) is 0 Å². The second-order valence-electron chi connectivity index (χ2n) is 5.36. The lowest BCUT2D eigenvalue weighted by Gasteiger charge is -2.20. The Labute approximate surface area is 127 Å². The van der Waals surface area contributed by atoms with Crippen molar-refractivity contribution in [3.05, 3.63) is 29.8 Å². The molecule has 22 heavy (non-hydrogen) atoms. The number of nitrogens with one attached hydrogen (secondary N) is 1. The van der Waals surface area contributed by atoms with Crippen LogP contribution in [0.15, 0.2) is 18.2 Å². The molecule has 1 aromatic rings. The van der Waals surface area contributed by atoms with Crippen molar-refractivity contribution in [3.63, 3.8) is 0 Å². The standard InChI is InChI=1S/C15H19F2NO4/c1-8(2)6-13(15(20)21)18-14(19)9(3)22-10-4-5-11(16)12(17)7-10/h4-5,7-9,13H,6H2,1-3H3,(H,18,19)(H,20,21). The molecule has 0 bridgehead atoms. The molecule has 122 valence electrons. The quantitative estimate of drug-likeness (QED) is 0.810. The maximum absolute atomic E-state index is 13.1. The Morgan fingerprint density at radius 1 is 1.23 bits per heavy atom. The van der Waals surface area contributed by atoms with Gasteiger partial charge in [0.1, 0.15) is 11.8 Å². The molecule has 2 unspecified atom stereocenters. The number of halogens is 2. The van der Waals surface area contributed by atoms with Crippen LogP contribution in [0.25, 0.3) is 0 Å². The number of carbonyl (C=O) groups excluding carboxylic acids is 1. The maximum Gasteiger partial charge on any atom is 0.326 e. The molecule has 0 radical (unpaired) electrons. The summed E-state index contributed by atoms with van der Waals surface area (Å²) in [6.45, 7) is 5.07. The van der Waals surface area contributed by atoms with Gasteiger partial charge < -0.3 is 15.2 Å². The number of carboxylic acids is 1. The van der Waals surface area contributed by atoms with Crippen LogP contribution in [-0.2, 0) is 9.59 Å². The lowest BCUT2D eigenvalue weighted by atomic mass is 10.0. The van der Waals surface area contributed by atoms with Gasteiger partial charge in [-0.15, -0.1) is 0 Å². The van der Waals surface area contributed by atoms with E-state index in [0.29, 0.717) is 0 Å². The van der Waals surface area contributed by atoms with E-state index in [4.69, 9.17) is 9.84 Å². The highest BCUT2D eigenvalue weighted by molar-refractivity contribution is 5.86. The zero-order valence-electron chi connectivity index (χ0n) is 12.6. The molecule has 2 atom stereocenters. The number of amides is 1. The summed E-state index contributed by atoms with van der Waals surface area (Å²) >= 11 is 0. The SMILES string of the molecule is CC(C)CC(NC(=O)C(C)Oc1ccc(F)c(F)c1)C(=O)O. The predicted octanol–water partition coefficient (Wildman–Crippen LogP) is 2.35. The van der Waals surface area contributed by atoms with Crippen molar-refractivity contribution in [2.75, 3.05) is 0 Å². The molecule has 0 heterocycles. The number of hydrogen-bond donors (Lipinski definition) is 2. The number of carbonyl (C=O) groups is 2. The van der Waals surface area contributed by atoms with Crippen molar-refractivity contribution in [1.82, 2.24) is 5.32 Å². The zero-order chi connectivity index (χ0) is 16.9. The van der Waals surface area contributed by atoms with Gasteiger partial charge in [-0.05, 0) is 31.4 Å². The second-order valence-corrected chi connectivity index (χ2v) is 5.36. The molecule has 5 nitrogen and oxygen atoms in total. The summed E-state index contributed by atoms with van der Waals surface area (Å²) in [6.07, 6.45) is -0.766. The van der Waals surface area contributed by atoms with Gasteiger partial charge in [0.15, 0.2) is 17.7 Å². The van der Waals surface area contributed by atoms with Gasteiger partial charge in [0, 0.05) is 6.07 Å². The number of rotatable bonds is 7. The Kier molecular flexibility index (Phi) is 6.27. The molecule has 0 aliphatic rings. The molecular formula is C15H19F2NO4. The van der Waals surface area contributed by atoms with Crippen LogP contribution in [-0.4, -0.2) is 29.1 Å². The molecule has 0 saturated heterocycles. The Morgan fingerprint density at radius 2 is 1.86 bits per heavy atom. The highest BCUT2D eigenvalue weighted by Gasteiger charge is 2.24. The van der Waals surface area contributed by atoms with Crippen molar-refractivity contribution < 1.29 is 28.2 Å². The smallest absolute Gasteiger partial charge is 0.326 e. The number of hydrogen-bond acceptors (Lipinski definition) is 3. The summed E-state index contributed by atoms with van der Waals surface area (Å²) in [5.74, 6) is -3.82. The van der Waals surface area contributed by atoms with Crippen molar-refractivity contribution in [2.24, 2.45) is 5.92 Å². The molecule has 0 spiro atoms. The summed E-state index contributed by atoms with van der Waals surface area (Å²) in [7, 11) is 0. The number of carboxylic acid groups (broad SMARTS) is 1. The molecule has 1 amide bonds. The number of aliphatic carboxylic acids is 1. The molecule has 2 N–H and O–H groups in total. The van der Waals surface area contributed by atoms with Gasteiger partial charge in [0.25, 0.3) is 5.91 Å². The van der Waals surface area contributed by atoms with Crippen LogP contribution >= 0.6 is 0 Å². The van der Waals surface area contributed by atoms with E-state index in [1.807, 2.05) is 13.8 Å². The number of ether oxygens (including phenoxy) is 1. The van der Waals surface area contributed by atoms with Gasteiger partial charge in [0.05, 0.1) is 0 Å². The Morgan fingerprint density at radius 3 is 2.36 bits per heavy atom. The highest BCUT2D eigenvalue weighted by atomic mass is 19.2. The van der Waals surface area contributed by atoms with E-state index < -0.39 is 35.7 Å². The van der Waals surface area contributed by atoms with Crippen LogP contribution in [0.4, 0.5) is 8.78 Å². The third-order valence-electron chi connectivity index (χ3n) is 2.89. The Bertz CT molecular complexity index is 548. The first-order valence-corrected chi connectivity index (χ1v) is 6.85. The van der Waals surface area contributed by atoms with Gasteiger partial charge in [-0.2, -0.15) is 0 Å². The van der Waals surface area contributed by atoms with E-state index in [-0.39, 0.29) is 18.1 Å². The fraction of sp³-hybridized carbons (Fsp3) is 0.467. The average molecular weight is 315 g/mol. The lowest BCUT2D eigenvalue weighted by Crippen LogP contribution is -2.46. The summed E-state index contributed by atoms with van der Waals surface area (Å²) in [5.41, 5.74) is 0. The fourth-order valence-electron chi connectivity index (χ4n) is 1.79. The molecule has 0 saturated carbocycles. The van der Waals surface area contributed by atoms with Crippen LogP contribution in [0.1, 0.15) is 27.2 Å². The normalized spacial score (nSPS) is 13.5. The Balaban J connectivity index is 2.67. The third kappa shape index (κ3) is 5.31. The number of benzene rings is 1. The van der Waals surface area contributed by atoms with Crippen LogP contribution in [0.5, 0.6) is 5.75 Å². The van der Waals surface area contributed by atoms with Gasteiger partial charge in [-0.1, -0.05) is 13.8 Å². The zero-order valence-corrected chi connectivity index (χ0v) is 12.6. The monoisotopic (exact) mass is 315 g/mol. The van der Waals surface area contributed by atoms with E-state index in [0.717, 1.165) is 12.1 Å². The van der Waals surface area contributed by atoms with Crippen LogP contribution in [0.2, 0.25) is 0 Å². The first kappa shape index (κ1) is 17.9. The molecule has 0 aromatic heterocycles. The summed E-state index contributed by atoms with van der Waals surface area (Å²) in [4.78, 5) is 23.0. The third-order valence-corrected chi connectivity index (χ3v) is 2.89. The van der Waals surface area contributed by atoms with Gasteiger partial charge in [-0.3, -0.25) is 4.79 Å². The first-order chi connectivity index (χ1) is 10.2. The molecule has 0 fully saturated rings. The van der Waals surface area contributed by atoms with Crippen LogP contribution in [0, 0.1) is 17.6 Å². The molecule has 1 aromatic carbocycles. The van der Waals surface area contributed by atoms with Crippen molar-refractivity contribution in [2.45, 2.75) is 39.3 Å². The van der Waals surface area contributed by atoms with E-state index in [2.05, 4.69) is 5.32 Å². The summed E-state index contributed by atoms with van der Waals surface area (Å²) in [6, 6.07) is 1.87. The maximum atomic E-state index is 13.1. The lowest BCUT2D eigenvalue weighted by molar-refractivity contribution is -0.143. The second kappa shape index (κ2) is 7.72. The molecular weight excluding hydrogens is 296 g/mol. The average Bonchev–Trinajstić information content (AvgIpc) is 2.41. The van der Waals surface area contributed by atoms with Crippen molar-refractivity contribution in [3.8, 4) is 5.75 Å². The summed E-state index contributed by atoms with van der Waals surface area (Å²) < 4.78 is 31.0. The predicted molar refractivity (Wildman–Crippen MR) is 75.5 cm³/mol. The minimum absolute atomic E-state index is 0.0164. The molecule has 7 heteroatoms. The van der Waals surface area contributed by atoms with Crippen molar-refractivity contribution in [1.29, 1.82) is 0 Å². The molecule has 0 aliphatic heterocycles. The Hall–Kier alpha value is -2.18. The van der Waals surface area contributed by atoms with E-state index in [1.165, 1.54) is 13.0 Å². The topological polar surface area (TPSA) is 75.6 Å². The van der Waals surface area contributed by atoms with E-state index >= 15 is 0 Å². The molecule has 1 rings (SSSR count). The summed E-state index contributed by atoms with van der Waals surface area (Å²) in [5, 5.41) is 11.4. The first-order valence-electron chi connectivity index (χ1n) is 6.85. The molecule has 0 aliphatic carbocycles.